The second-order valence-electron chi connectivity index (χ2n) is 11.1. The third-order valence-corrected chi connectivity index (χ3v) is 10.4. The van der Waals surface area contributed by atoms with Crippen LogP contribution in [0.5, 0.6) is 0 Å². The second-order valence-corrected chi connectivity index (χ2v) is 13.1. The van der Waals surface area contributed by atoms with Gasteiger partial charge in [0.15, 0.2) is 22.2 Å². The summed E-state index contributed by atoms with van der Waals surface area (Å²) >= 11 is 0. The topological polar surface area (TPSA) is 165 Å². The Morgan fingerprint density at radius 3 is 2.45 bits per heavy atom. The highest BCUT2D eigenvalue weighted by Crippen LogP contribution is 2.49. The van der Waals surface area contributed by atoms with Crippen molar-refractivity contribution in [2.24, 2.45) is 5.41 Å². The van der Waals surface area contributed by atoms with Gasteiger partial charge in [-0.15, -0.1) is 0 Å². The Labute approximate surface area is 243 Å². The summed E-state index contributed by atoms with van der Waals surface area (Å²) in [7, 11) is -3.74. The monoisotopic (exact) mass is 612 g/mol. The average molecular weight is 613 g/mol. The number of halogens is 2. The lowest BCUT2D eigenvalue weighted by atomic mass is 9.69. The van der Waals surface area contributed by atoms with Gasteiger partial charge in [-0.3, -0.25) is 0 Å². The largest absolute Gasteiger partial charge is 0.393 e. The molecule has 0 bridgehead atoms. The molecule has 232 valence electrons. The van der Waals surface area contributed by atoms with Crippen LogP contribution in [-0.2, 0) is 14.6 Å². The minimum absolute atomic E-state index is 0.147. The summed E-state index contributed by atoms with van der Waals surface area (Å²) in [6, 6.07) is 12.1. The Kier molecular flexibility index (Phi) is 9.60. The number of aliphatic hydroxyl groups is 4. The molecule has 0 aliphatic carbocycles. The molecule has 6 unspecified atom stereocenters. The standard InChI is InChI=1S/C29H38F2N2O8S/c1-3-5-13-28(4-2)16-42(39,40)20-12-7-6-11-19(20)22(24(28)36)17-9-8-10-18(14-17)32-27(38)33-26-23(35)25(37)29(30,31)21(15-34)41-26/h6-12,14,21-26,34-37H,3-5,13,15-16H2,1-2H3,(H2,32,33,38)/t21?,22-,23?,24?,25?,26?,28?/m1/s1. The Morgan fingerprint density at radius 1 is 1.07 bits per heavy atom. The molecular formula is C29H38F2N2O8S. The first kappa shape index (κ1) is 32.2. The molecule has 13 heteroatoms. The van der Waals surface area contributed by atoms with E-state index in [1.54, 1.807) is 42.5 Å². The number of amides is 2. The van der Waals surface area contributed by atoms with Crippen LogP contribution in [0.25, 0.3) is 0 Å². The minimum Gasteiger partial charge on any atom is -0.393 e. The van der Waals surface area contributed by atoms with Gasteiger partial charge >= 0.3 is 12.0 Å². The van der Waals surface area contributed by atoms with Crippen LogP contribution in [-0.4, -0.2) is 83.8 Å². The number of hydrogen-bond donors (Lipinski definition) is 6. The number of rotatable bonds is 8. The van der Waals surface area contributed by atoms with Crippen molar-refractivity contribution in [3.8, 4) is 0 Å². The Hall–Kier alpha value is -2.68. The number of alkyl halides is 2. The van der Waals surface area contributed by atoms with E-state index in [-0.39, 0.29) is 16.3 Å². The van der Waals surface area contributed by atoms with Gasteiger partial charge in [-0.2, -0.15) is 0 Å². The third-order valence-electron chi connectivity index (χ3n) is 8.45. The van der Waals surface area contributed by atoms with Gasteiger partial charge in [0.05, 0.1) is 23.4 Å². The number of sulfone groups is 1. The van der Waals surface area contributed by atoms with E-state index in [9.17, 15) is 42.4 Å². The third kappa shape index (κ3) is 6.03. The molecule has 1 fully saturated rings. The van der Waals surface area contributed by atoms with Gasteiger partial charge in [0, 0.05) is 17.0 Å². The summed E-state index contributed by atoms with van der Waals surface area (Å²) in [5.74, 6) is -4.88. The number of aliphatic hydroxyl groups excluding tert-OH is 4. The van der Waals surface area contributed by atoms with E-state index in [2.05, 4.69) is 10.6 Å². The molecule has 4 rings (SSSR count). The van der Waals surface area contributed by atoms with E-state index in [0.717, 1.165) is 12.8 Å². The fourth-order valence-corrected chi connectivity index (χ4v) is 8.28. The van der Waals surface area contributed by atoms with Crippen LogP contribution in [0.1, 0.15) is 56.6 Å². The van der Waals surface area contributed by atoms with E-state index in [1.807, 2.05) is 13.8 Å². The van der Waals surface area contributed by atoms with Crippen LogP contribution in [0.2, 0.25) is 0 Å². The van der Waals surface area contributed by atoms with Crippen molar-refractivity contribution in [2.45, 2.75) is 86.9 Å². The van der Waals surface area contributed by atoms with Gasteiger partial charge in [0.25, 0.3) is 0 Å². The number of anilines is 1. The number of urea groups is 1. The molecule has 2 aromatic carbocycles. The first-order chi connectivity index (χ1) is 19.8. The summed E-state index contributed by atoms with van der Waals surface area (Å²) in [6.45, 7) is 2.72. The van der Waals surface area contributed by atoms with Gasteiger partial charge in [-0.05, 0) is 42.2 Å². The summed E-state index contributed by atoms with van der Waals surface area (Å²) < 4.78 is 60.3. The number of benzene rings is 2. The van der Waals surface area contributed by atoms with E-state index < -0.39 is 70.4 Å². The van der Waals surface area contributed by atoms with E-state index in [0.29, 0.717) is 24.0 Å². The van der Waals surface area contributed by atoms with Crippen LogP contribution >= 0.6 is 0 Å². The van der Waals surface area contributed by atoms with E-state index in [1.165, 1.54) is 6.07 Å². The average Bonchev–Trinajstić information content (AvgIpc) is 3.03. The van der Waals surface area contributed by atoms with Crippen LogP contribution in [0.4, 0.5) is 19.3 Å². The van der Waals surface area contributed by atoms with Gasteiger partial charge in [-0.1, -0.05) is 57.0 Å². The smallest absolute Gasteiger partial charge is 0.321 e. The van der Waals surface area contributed by atoms with Crippen molar-refractivity contribution >= 4 is 21.6 Å². The molecule has 2 heterocycles. The molecule has 0 aromatic heterocycles. The van der Waals surface area contributed by atoms with Crippen molar-refractivity contribution in [3.63, 3.8) is 0 Å². The Bertz CT molecular complexity index is 1370. The molecule has 2 aliphatic heterocycles. The van der Waals surface area contributed by atoms with E-state index >= 15 is 0 Å². The summed E-state index contributed by atoms with van der Waals surface area (Å²) in [4.78, 5) is 12.9. The van der Waals surface area contributed by atoms with Gasteiger partial charge in [-0.25, -0.2) is 22.0 Å². The molecule has 0 radical (unpaired) electrons. The SMILES string of the molecule is CCCCC1(CC)CS(=O)(=O)c2ccccc2[C@@H](c2cccc(NC(=O)NC3OC(CO)C(F)(F)C(O)C3O)c2)C1O. The number of hydrogen-bond acceptors (Lipinski definition) is 8. The molecular weight excluding hydrogens is 574 g/mol. The zero-order chi connectivity index (χ0) is 30.9. The van der Waals surface area contributed by atoms with Gasteiger partial charge < -0.3 is 35.8 Å². The Balaban J connectivity index is 1.65. The highest BCUT2D eigenvalue weighted by Gasteiger charge is 2.57. The van der Waals surface area contributed by atoms with Crippen molar-refractivity contribution in [1.29, 1.82) is 0 Å². The number of unbranched alkanes of at least 4 members (excludes halogenated alkanes) is 1. The first-order valence-corrected chi connectivity index (χ1v) is 15.6. The number of carbonyl (C=O) groups is 1. The number of nitrogens with one attached hydrogen (secondary N) is 2. The predicted molar refractivity (Wildman–Crippen MR) is 150 cm³/mol. The lowest BCUT2D eigenvalue weighted by Gasteiger charge is -2.42. The van der Waals surface area contributed by atoms with Crippen LogP contribution in [0.15, 0.2) is 53.4 Å². The molecule has 0 spiro atoms. The summed E-state index contributed by atoms with van der Waals surface area (Å²) in [6.07, 6.45) is -7.22. The molecule has 1 saturated heterocycles. The zero-order valence-electron chi connectivity index (χ0n) is 23.4. The molecule has 2 amide bonds. The highest BCUT2D eigenvalue weighted by molar-refractivity contribution is 7.91. The highest BCUT2D eigenvalue weighted by atomic mass is 32.2. The van der Waals surface area contributed by atoms with Gasteiger partial charge in [0.1, 0.15) is 12.2 Å². The van der Waals surface area contributed by atoms with Crippen LogP contribution in [0.3, 0.4) is 0 Å². The second kappa shape index (κ2) is 12.5. The molecule has 2 aliphatic rings. The lowest BCUT2D eigenvalue weighted by molar-refractivity contribution is -0.297. The molecule has 42 heavy (non-hydrogen) atoms. The Morgan fingerprint density at radius 2 is 1.79 bits per heavy atom. The quantitative estimate of drug-likeness (QED) is 0.265. The summed E-state index contributed by atoms with van der Waals surface area (Å²) in [5, 5.41) is 45.8. The maximum Gasteiger partial charge on any atom is 0.321 e. The molecule has 0 saturated carbocycles. The summed E-state index contributed by atoms with van der Waals surface area (Å²) in [5.41, 5.74) is 0.304. The fourth-order valence-electron chi connectivity index (χ4n) is 6.01. The van der Waals surface area contributed by atoms with Crippen molar-refractivity contribution in [3.05, 3.63) is 59.7 Å². The van der Waals surface area contributed by atoms with Crippen molar-refractivity contribution in [1.82, 2.24) is 5.32 Å². The van der Waals surface area contributed by atoms with Gasteiger partial charge in [0.2, 0.25) is 0 Å². The molecule has 10 nitrogen and oxygen atoms in total. The van der Waals surface area contributed by atoms with Crippen LogP contribution < -0.4 is 10.6 Å². The minimum atomic E-state index is -3.94. The van der Waals surface area contributed by atoms with Crippen molar-refractivity contribution in [2.75, 3.05) is 17.7 Å². The van der Waals surface area contributed by atoms with Crippen molar-refractivity contribution < 1.29 is 47.2 Å². The zero-order valence-corrected chi connectivity index (χ0v) is 24.2. The maximum atomic E-state index is 14.1. The lowest BCUT2D eigenvalue weighted by Crippen LogP contribution is -2.66. The predicted octanol–water partition coefficient (Wildman–Crippen LogP) is 2.75. The number of fused-ring (bicyclic) bond motifs is 1. The molecule has 2 aromatic rings. The van der Waals surface area contributed by atoms with Crippen LogP contribution in [0, 0.1) is 5.41 Å². The number of carbonyl (C=O) groups excluding carboxylic acids is 1. The fraction of sp³-hybridized carbons (Fsp3) is 0.552. The molecule has 6 N–H and O–H groups in total. The van der Waals surface area contributed by atoms with E-state index in [4.69, 9.17) is 4.74 Å². The maximum absolute atomic E-state index is 14.1. The normalized spacial score (nSPS) is 31.9. The number of ether oxygens (including phenoxy) is 1. The molecule has 7 atom stereocenters. The first-order valence-electron chi connectivity index (χ1n) is 14.0.